The van der Waals surface area contributed by atoms with E-state index in [4.69, 9.17) is 16.3 Å². The molecule has 17 heavy (non-hydrogen) atoms. The fourth-order valence-electron chi connectivity index (χ4n) is 1.35. The van der Waals surface area contributed by atoms with Crippen molar-refractivity contribution in [3.8, 4) is 11.5 Å². The Hall–Kier alpha value is -1.32. The van der Waals surface area contributed by atoms with Gasteiger partial charge in [-0.15, -0.1) is 0 Å². The van der Waals surface area contributed by atoms with Gasteiger partial charge in [-0.3, -0.25) is 4.79 Å². The van der Waals surface area contributed by atoms with Crippen molar-refractivity contribution in [2.24, 2.45) is 0 Å². The van der Waals surface area contributed by atoms with Gasteiger partial charge in [-0.2, -0.15) is 0 Å². The predicted octanol–water partition coefficient (Wildman–Crippen LogP) is 4.71. The van der Waals surface area contributed by atoms with Crippen LogP contribution in [-0.2, 0) is 0 Å². The van der Waals surface area contributed by atoms with E-state index in [0.29, 0.717) is 22.1 Å². The Morgan fingerprint density at radius 3 is 2.59 bits per heavy atom. The number of carbonyl (C=O) groups excluding carboxylic acids is 1. The van der Waals surface area contributed by atoms with E-state index in [1.807, 2.05) is 6.07 Å². The Kier molecular flexibility index (Phi) is 3.82. The molecular weight excluding hydrogens is 303 g/mol. The lowest BCUT2D eigenvalue weighted by Crippen LogP contribution is -1.90. The number of para-hydroxylation sites is 1. The molecule has 0 N–H and O–H groups in total. The third-order valence-electron chi connectivity index (χ3n) is 2.16. The van der Waals surface area contributed by atoms with Crippen LogP contribution < -0.4 is 4.74 Å². The molecule has 0 bridgehead atoms. The topological polar surface area (TPSA) is 26.3 Å². The van der Waals surface area contributed by atoms with Crippen LogP contribution in [0.5, 0.6) is 11.5 Å². The van der Waals surface area contributed by atoms with E-state index in [2.05, 4.69) is 15.9 Å². The minimum Gasteiger partial charge on any atom is -0.455 e. The van der Waals surface area contributed by atoms with Crippen LogP contribution >= 0.6 is 27.5 Å². The Balaban J connectivity index is 2.34. The van der Waals surface area contributed by atoms with E-state index in [9.17, 15) is 4.79 Å². The van der Waals surface area contributed by atoms with Gasteiger partial charge in [0, 0.05) is 4.47 Å². The van der Waals surface area contributed by atoms with Gasteiger partial charge in [0.1, 0.15) is 11.5 Å². The molecule has 2 rings (SSSR count). The summed E-state index contributed by atoms with van der Waals surface area (Å²) in [6, 6.07) is 12.3. The van der Waals surface area contributed by atoms with E-state index >= 15 is 0 Å². The van der Waals surface area contributed by atoms with Crippen LogP contribution in [-0.4, -0.2) is 6.29 Å². The smallest absolute Gasteiger partial charge is 0.153 e. The van der Waals surface area contributed by atoms with Crippen molar-refractivity contribution < 1.29 is 9.53 Å². The lowest BCUT2D eigenvalue weighted by atomic mass is 10.2. The second-order valence-corrected chi connectivity index (χ2v) is 4.66. The van der Waals surface area contributed by atoms with Gasteiger partial charge in [0.25, 0.3) is 0 Å². The average molecular weight is 312 g/mol. The van der Waals surface area contributed by atoms with Crippen molar-refractivity contribution in [3.63, 3.8) is 0 Å². The zero-order valence-corrected chi connectivity index (χ0v) is 11.0. The zero-order valence-electron chi connectivity index (χ0n) is 8.69. The molecule has 0 unspecified atom stereocenters. The number of halogens is 2. The molecule has 2 aromatic carbocycles. The molecule has 2 nitrogen and oxygen atoms in total. The molecule has 0 aliphatic heterocycles. The lowest BCUT2D eigenvalue weighted by Gasteiger charge is -2.09. The van der Waals surface area contributed by atoms with Gasteiger partial charge in [-0.1, -0.05) is 39.7 Å². The summed E-state index contributed by atoms with van der Waals surface area (Å²) < 4.78 is 6.48. The standard InChI is InChI=1S/C13H8BrClO2/c14-10-5-6-13(11(15)7-10)17-12-4-2-1-3-9(12)8-16/h1-8H. The Morgan fingerprint density at radius 2 is 1.88 bits per heavy atom. The maximum atomic E-state index is 10.8. The number of ether oxygens (including phenoxy) is 1. The highest BCUT2D eigenvalue weighted by Crippen LogP contribution is 2.32. The number of aldehydes is 1. The summed E-state index contributed by atoms with van der Waals surface area (Å²) >= 11 is 9.35. The van der Waals surface area contributed by atoms with E-state index in [0.717, 1.165) is 10.8 Å². The number of hydrogen-bond acceptors (Lipinski definition) is 2. The third-order valence-corrected chi connectivity index (χ3v) is 2.95. The minimum atomic E-state index is 0.486. The number of benzene rings is 2. The molecule has 0 radical (unpaired) electrons. The van der Waals surface area contributed by atoms with Crippen molar-refractivity contribution in [2.45, 2.75) is 0 Å². The molecule has 86 valence electrons. The fraction of sp³-hybridized carbons (Fsp3) is 0. The molecule has 0 fully saturated rings. The molecule has 0 spiro atoms. The van der Waals surface area contributed by atoms with E-state index in [1.54, 1.807) is 36.4 Å². The Bertz CT molecular complexity index is 555. The first-order valence-electron chi connectivity index (χ1n) is 4.88. The highest BCUT2D eigenvalue weighted by Gasteiger charge is 2.06. The molecule has 0 aromatic heterocycles. The SMILES string of the molecule is O=Cc1ccccc1Oc1ccc(Br)cc1Cl. The van der Waals surface area contributed by atoms with Crippen LogP contribution in [0.25, 0.3) is 0 Å². The Morgan fingerprint density at radius 1 is 1.12 bits per heavy atom. The summed E-state index contributed by atoms with van der Waals surface area (Å²) in [6.07, 6.45) is 0.752. The van der Waals surface area contributed by atoms with Gasteiger partial charge in [0.05, 0.1) is 10.6 Å². The van der Waals surface area contributed by atoms with E-state index < -0.39 is 0 Å². The first-order valence-corrected chi connectivity index (χ1v) is 6.05. The fourth-order valence-corrected chi connectivity index (χ4v) is 2.06. The zero-order chi connectivity index (χ0) is 12.3. The van der Waals surface area contributed by atoms with Crippen molar-refractivity contribution >= 4 is 33.8 Å². The number of hydrogen-bond donors (Lipinski definition) is 0. The molecule has 0 atom stereocenters. The second kappa shape index (κ2) is 5.34. The summed E-state index contributed by atoms with van der Waals surface area (Å²) in [5.41, 5.74) is 0.492. The maximum Gasteiger partial charge on any atom is 0.153 e. The summed E-state index contributed by atoms with van der Waals surface area (Å²) in [7, 11) is 0. The van der Waals surface area contributed by atoms with E-state index in [-0.39, 0.29) is 0 Å². The average Bonchev–Trinajstić information content (AvgIpc) is 2.33. The van der Waals surface area contributed by atoms with Crippen molar-refractivity contribution in [1.29, 1.82) is 0 Å². The number of carbonyl (C=O) groups is 1. The van der Waals surface area contributed by atoms with Crippen LogP contribution in [0, 0.1) is 0 Å². The van der Waals surface area contributed by atoms with Gasteiger partial charge in [0.2, 0.25) is 0 Å². The van der Waals surface area contributed by atoms with Crippen LogP contribution in [0.2, 0.25) is 5.02 Å². The van der Waals surface area contributed by atoms with E-state index in [1.165, 1.54) is 0 Å². The molecule has 0 saturated heterocycles. The number of rotatable bonds is 3. The Labute approximate surface area is 112 Å². The first-order chi connectivity index (χ1) is 8.20. The highest BCUT2D eigenvalue weighted by atomic mass is 79.9. The molecule has 0 amide bonds. The summed E-state index contributed by atoms with van der Waals surface area (Å²) in [5.74, 6) is 1.01. The lowest BCUT2D eigenvalue weighted by molar-refractivity contribution is 0.112. The van der Waals surface area contributed by atoms with Crippen molar-refractivity contribution in [3.05, 3.63) is 57.5 Å². The summed E-state index contributed by atoms with van der Waals surface area (Å²) in [4.78, 5) is 10.8. The van der Waals surface area contributed by atoms with Crippen molar-refractivity contribution in [2.75, 3.05) is 0 Å². The summed E-state index contributed by atoms with van der Waals surface area (Å²) in [5, 5.41) is 0.486. The largest absolute Gasteiger partial charge is 0.455 e. The molecule has 0 saturated carbocycles. The highest BCUT2D eigenvalue weighted by molar-refractivity contribution is 9.10. The predicted molar refractivity (Wildman–Crippen MR) is 71.1 cm³/mol. The van der Waals surface area contributed by atoms with Gasteiger partial charge in [-0.05, 0) is 30.3 Å². The van der Waals surface area contributed by atoms with Crippen LogP contribution in [0.15, 0.2) is 46.9 Å². The van der Waals surface area contributed by atoms with Gasteiger partial charge >= 0.3 is 0 Å². The quantitative estimate of drug-likeness (QED) is 0.768. The summed E-state index contributed by atoms with van der Waals surface area (Å²) in [6.45, 7) is 0. The van der Waals surface area contributed by atoms with Gasteiger partial charge in [-0.25, -0.2) is 0 Å². The molecule has 0 aliphatic rings. The normalized spacial score (nSPS) is 10.0. The van der Waals surface area contributed by atoms with Crippen LogP contribution in [0.1, 0.15) is 10.4 Å². The third kappa shape index (κ3) is 2.87. The molecule has 4 heteroatoms. The van der Waals surface area contributed by atoms with Gasteiger partial charge in [0.15, 0.2) is 6.29 Å². The van der Waals surface area contributed by atoms with Gasteiger partial charge < -0.3 is 4.74 Å². The second-order valence-electron chi connectivity index (χ2n) is 3.33. The monoisotopic (exact) mass is 310 g/mol. The molecule has 2 aromatic rings. The van der Waals surface area contributed by atoms with Crippen LogP contribution in [0.3, 0.4) is 0 Å². The molecule has 0 heterocycles. The molecule has 0 aliphatic carbocycles. The first kappa shape index (κ1) is 12.1. The van der Waals surface area contributed by atoms with Crippen molar-refractivity contribution in [1.82, 2.24) is 0 Å². The minimum absolute atomic E-state index is 0.486. The van der Waals surface area contributed by atoms with Crippen LogP contribution in [0.4, 0.5) is 0 Å². The molecular formula is C13H8BrClO2. The maximum absolute atomic E-state index is 10.8.